The second kappa shape index (κ2) is 9.37. The van der Waals surface area contributed by atoms with Crippen molar-refractivity contribution in [1.82, 2.24) is 19.7 Å². The van der Waals surface area contributed by atoms with Crippen molar-refractivity contribution in [1.29, 1.82) is 0 Å². The van der Waals surface area contributed by atoms with Crippen molar-refractivity contribution < 1.29 is 29.6 Å². The minimum atomic E-state index is -1.26. The lowest BCUT2D eigenvalue weighted by Gasteiger charge is -2.43. The Morgan fingerprint density at radius 2 is 1.89 bits per heavy atom. The van der Waals surface area contributed by atoms with Gasteiger partial charge in [0.25, 0.3) is 5.91 Å². The first-order chi connectivity index (χ1) is 17.2. The molecule has 4 atom stereocenters. The summed E-state index contributed by atoms with van der Waals surface area (Å²) < 4.78 is 6.64. The normalized spacial score (nSPS) is 23.8. The Morgan fingerprint density at radius 3 is 2.58 bits per heavy atom. The highest BCUT2D eigenvalue weighted by Gasteiger charge is 2.42. The third-order valence-corrected chi connectivity index (χ3v) is 7.17. The topological polar surface area (TPSA) is 149 Å². The van der Waals surface area contributed by atoms with E-state index in [1.54, 1.807) is 42.3 Å². The van der Waals surface area contributed by atoms with Crippen LogP contribution in [0, 0.1) is 11.1 Å². The molecule has 0 aliphatic carbocycles. The first kappa shape index (κ1) is 24.0. The zero-order valence-corrected chi connectivity index (χ0v) is 19.7. The quantitative estimate of drug-likeness (QED) is 0.367. The van der Waals surface area contributed by atoms with E-state index in [9.17, 15) is 29.6 Å². The second-order valence-electron chi connectivity index (χ2n) is 9.47. The Kier molecular flexibility index (Phi) is 6.24. The summed E-state index contributed by atoms with van der Waals surface area (Å²) in [4.78, 5) is 53.9. The number of hydrogen-bond donors (Lipinski definition) is 3. The van der Waals surface area contributed by atoms with E-state index in [4.69, 9.17) is 4.74 Å². The van der Waals surface area contributed by atoms with Crippen LogP contribution in [0.1, 0.15) is 30.0 Å². The van der Waals surface area contributed by atoms with E-state index in [1.807, 2.05) is 0 Å². The highest BCUT2D eigenvalue weighted by atomic mass is 16.8. The standard InChI is InChI=1S/C24H27N5O7/c1-36-17-4-2-14(3-5-17)11-28-22(31)18(25-24(28)33)9-21(30)26-10-15-8-16(13-26)19-6-7-20(29(34)35)23(32)27(19)12-15/h2-7,15-16,18,29,34H,8-13H2,1H3,(H,25,33). The van der Waals surface area contributed by atoms with Crippen LogP contribution in [0.2, 0.25) is 0 Å². The van der Waals surface area contributed by atoms with E-state index in [0.717, 1.165) is 22.6 Å². The number of piperidine rings is 1. The van der Waals surface area contributed by atoms with Crippen molar-refractivity contribution in [3.05, 3.63) is 63.2 Å². The van der Waals surface area contributed by atoms with Crippen LogP contribution in [0.3, 0.4) is 0 Å². The van der Waals surface area contributed by atoms with Crippen molar-refractivity contribution in [2.75, 3.05) is 20.2 Å². The number of hydrogen-bond acceptors (Lipinski definition) is 7. The number of rotatable bonds is 6. The van der Waals surface area contributed by atoms with E-state index in [1.165, 1.54) is 10.6 Å². The van der Waals surface area contributed by atoms with Crippen LogP contribution in [-0.4, -0.2) is 63.7 Å². The summed E-state index contributed by atoms with van der Waals surface area (Å²) in [6.45, 7) is 1.20. The van der Waals surface area contributed by atoms with Crippen LogP contribution in [0.4, 0.5) is 10.5 Å². The largest absolute Gasteiger partial charge is 0.595 e. The van der Waals surface area contributed by atoms with Crippen molar-refractivity contribution in [3.8, 4) is 5.75 Å². The zero-order valence-electron chi connectivity index (χ0n) is 19.7. The van der Waals surface area contributed by atoms with Gasteiger partial charge in [-0.15, -0.1) is 0 Å². The molecule has 4 heterocycles. The van der Waals surface area contributed by atoms with E-state index >= 15 is 0 Å². The number of methoxy groups -OCH3 is 1. The van der Waals surface area contributed by atoms with Gasteiger partial charge in [-0.3, -0.25) is 19.3 Å². The number of nitrogens with zero attached hydrogens (tertiary/aromatic N) is 3. The molecule has 36 heavy (non-hydrogen) atoms. The lowest BCUT2D eigenvalue weighted by atomic mass is 9.83. The minimum Gasteiger partial charge on any atom is -0.595 e. The third kappa shape index (κ3) is 4.34. The molecule has 5 rings (SSSR count). The van der Waals surface area contributed by atoms with Gasteiger partial charge < -0.3 is 24.7 Å². The molecule has 12 heteroatoms. The number of urea groups is 1. The summed E-state index contributed by atoms with van der Waals surface area (Å²) in [6, 6.07) is 8.54. The fraction of sp³-hybridized carbons (Fsp3) is 0.417. The Morgan fingerprint density at radius 1 is 1.14 bits per heavy atom. The number of fused-ring (bicyclic) bond motifs is 4. The molecule has 0 spiro atoms. The summed E-state index contributed by atoms with van der Waals surface area (Å²) in [5.41, 5.74) is 0.691. The molecule has 0 saturated carbocycles. The van der Waals surface area contributed by atoms with E-state index in [2.05, 4.69) is 5.32 Å². The molecular weight excluding hydrogens is 470 g/mol. The molecule has 2 bridgehead atoms. The SMILES string of the molecule is COc1ccc(CN2C(=O)NC(CC(=O)N3CC4CC(C3)c3ccc([NH+]([O-])O)c(=O)n3C4)C2=O)cc1. The fourth-order valence-corrected chi connectivity index (χ4v) is 5.39. The summed E-state index contributed by atoms with van der Waals surface area (Å²) in [5.74, 6) is -0.118. The van der Waals surface area contributed by atoms with E-state index in [-0.39, 0.29) is 36.4 Å². The van der Waals surface area contributed by atoms with Crippen molar-refractivity contribution in [2.24, 2.45) is 5.92 Å². The van der Waals surface area contributed by atoms with Gasteiger partial charge in [-0.25, -0.2) is 10.0 Å². The van der Waals surface area contributed by atoms with Gasteiger partial charge in [-0.2, -0.15) is 5.23 Å². The van der Waals surface area contributed by atoms with Gasteiger partial charge in [0.2, 0.25) is 11.6 Å². The van der Waals surface area contributed by atoms with Gasteiger partial charge in [0.1, 0.15) is 11.8 Å². The molecule has 1 aromatic heterocycles. The van der Waals surface area contributed by atoms with Gasteiger partial charge in [-0.1, -0.05) is 12.1 Å². The number of benzene rings is 1. The summed E-state index contributed by atoms with van der Waals surface area (Å²) >= 11 is 0. The Labute approximate surface area is 206 Å². The number of quaternary nitrogens is 1. The maximum atomic E-state index is 13.1. The van der Waals surface area contributed by atoms with Crippen LogP contribution in [-0.2, 0) is 22.7 Å². The molecule has 190 valence electrons. The molecule has 12 nitrogen and oxygen atoms in total. The van der Waals surface area contributed by atoms with Gasteiger partial charge in [-0.05, 0) is 36.1 Å². The molecule has 2 fully saturated rings. The fourth-order valence-electron chi connectivity index (χ4n) is 5.39. The average molecular weight is 498 g/mol. The monoisotopic (exact) mass is 497 g/mol. The van der Waals surface area contributed by atoms with E-state index in [0.29, 0.717) is 25.4 Å². The number of carbonyl (C=O) groups is 3. The van der Waals surface area contributed by atoms with Crippen LogP contribution in [0.25, 0.3) is 0 Å². The lowest BCUT2D eigenvalue weighted by molar-refractivity contribution is -0.992. The van der Waals surface area contributed by atoms with Crippen molar-refractivity contribution >= 4 is 23.5 Å². The molecule has 4 amide bonds. The Bertz CT molecular complexity index is 1260. The molecular formula is C24H27N5O7. The molecule has 3 aliphatic heterocycles. The zero-order chi connectivity index (χ0) is 25.6. The van der Waals surface area contributed by atoms with Crippen LogP contribution in [0.5, 0.6) is 5.75 Å². The number of nitrogens with one attached hydrogen (secondary N) is 2. The molecule has 3 aliphatic rings. The van der Waals surface area contributed by atoms with Gasteiger partial charge in [0.05, 0.1) is 20.1 Å². The smallest absolute Gasteiger partial charge is 0.325 e. The average Bonchev–Trinajstić information content (AvgIpc) is 3.12. The van der Waals surface area contributed by atoms with Crippen molar-refractivity contribution in [3.63, 3.8) is 0 Å². The molecule has 3 N–H and O–H groups in total. The van der Waals surface area contributed by atoms with Crippen LogP contribution in [0.15, 0.2) is 41.2 Å². The lowest BCUT2D eigenvalue weighted by Crippen LogP contribution is -3.00. The number of ether oxygens (including phenoxy) is 1. The summed E-state index contributed by atoms with van der Waals surface area (Å²) in [7, 11) is 1.55. The number of likely N-dealkylation sites (tertiary alicyclic amines) is 1. The Balaban J connectivity index is 1.24. The predicted molar refractivity (Wildman–Crippen MR) is 124 cm³/mol. The molecule has 2 saturated heterocycles. The summed E-state index contributed by atoms with van der Waals surface area (Å²) in [6.07, 6.45) is 0.651. The van der Waals surface area contributed by atoms with E-state index < -0.39 is 28.8 Å². The summed E-state index contributed by atoms with van der Waals surface area (Å²) in [5, 5.41) is 21.9. The van der Waals surface area contributed by atoms with Gasteiger partial charge >= 0.3 is 11.6 Å². The third-order valence-electron chi connectivity index (χ3n) is 7.17. The first-order valence-corrected chi connectivity index (χ1v) is 11.7. The molecule has 0 radical (unpaired) electrons. The van der Waals surface area contributed by atoms with Gasteiger partial charge in [0.15, 0.2) is 0 Å². The number of aromatic nitrogens is 1. The highest BCUT2D eigenvalue weighted by Crippen LogP contribution is 2.35. The maximum Gasteiger partial charge on any atom is 0.325 e. The molecule has 4 unspecified atom stereocenters. The molecule has 1 aromatic carbocycles. The maximum absolute atomic E-state index is 13.1. The van der Waals surface area contributed by atoms with Gasteiger partial charge in [0, 0.05) is 37.3 Å². The Hall–Kier alpha value is -3.74. The number of imide groups is 1. The number of amides is 4. The highest BCUT2D eigenvalue weighted by molar-refractivity contribution is 6.05. The number of carbonyl (C=O) groups excluding carboxylic acids is 3. The number of pyridine rings is 1. The van der Waals surface area contributed by atoms with Crippen molar-refractivity contribution in [2.45, 2.75) is 37.9 Å². The van der Waals surface area contributed by atoms with Crippen LogP contribution >= 0.6 is 0 Å². The first-order valence-electron chi connectivity index (χ1n) is 11.7. The predicted octanol–water partition coefficient (Wildman–Crippen LogP) is -0.283. The second-order valence-corrected chi connectivity index (χ2v) is 9.47. The minimum absolute atomic E-state index is 0.00221. The molecule has 2 aromatic rings. The van der Waals surface area contributed by atoms with Crippen LogP contribution < -0.4 is 20.8 Å².